The number of hydrogen-bond donors (Lipinski definition) is 1. The molecule has 0 saturated carbocycles. The highest BCUT2D eigenvalue weighted by atomic mass is 19.1. The minimum atomic E-state index is -0.492. The Morgan fingerprint density at radius 3 is 2.46 bits per heavy atom. The topological polar surface area (TPSA) is 44.0 Å². The minimum Gasteiger partial charge on any atom is -0.392 e. The van der Waals surface area contributed by atoms with Crippen molar-refractivity contribution in [3.8, 4) is 6.07 Å². The lowest BCUT2D eigenvalue weighted by molar-refractivity contribution is 0.281. The summed E-state index contributed by atoms with van der Waals surface area (Å²) in [4.78, 5) is 0. The van der Waals surface area contributed by atoms with Gasteiger partial charge in [-0.2, -0.15) is 5.26 Å². The maximum absolute atomic E-state index is 12.5. The van der Waals surface area contributed by atoms with Crippen molar-refractivity contribution in [1.29, 1.82) is 5.26 Å². The van der Waals surface area contributed by atoms with Gasteiger partial charge in [0.2, 0.25) is 0 Å². The van der Waals surface area contributed by atoms with Gasteiger partial charge in [0.1, 0.15) is 5.82 Å². The quantitative estimate of drug-likeness (QED) is 0.721. The molecule has 0 aliphatic heterocycles. The Balaban J connectivity index is 0.000000671. The zero-order valence-electron chi connectivity index (χ0n) is 7.71. The van der Waals surface area contributed by atoms with Crippen LogP contribution in [0.3, 0.4) is 0 Å². The molecule has 0 saturated heterocycles. The summed E-state index contributed by atoms with van der Waals surface area (Å²) in [7, 11) is 0. The molecule has 0 spiro atoms. The van der Waals surface area contributed by atoms with Crippen molar-refractivity contribution < 1.29 is 9.50 Å². The summed E-state index contributed by atoms with van der Waals surface area (Å²) in [5, 5.41) is 17.0. The number of aliphatic hydroxyl groups excluding tert-OH is 1. The van der Waals surface area contributed by atoms with Gasteiger partial charge >= 0.3 is 0 Å². The van der Waals surface area contributed by atoms with Crippen LogP contribution in [0.5, 0.6) is 0 Å². The second-order valence-electron chi connectivity index (χ2n) is 2.12. The van der Waals surface area contributed by atoms with Crippen molar-refractivity contribution in [3.05, 3.63) is 35.1 Å². The van der Waals surface area contributed by atoms with Crippen LogP contribution in [0.15, 0.2) is 18.2 Å². The van der Waals surface area contributed by atoms with E-state index in [9.17, 15) is 4.39 Å². The number of rotatable bonds is 1. The second kappa shape index (κ2) is 6.15. The number of hydrogen-bond acceptors (Lipinski definition) is 2. The molecule has 3 heteroatoms. The number of aliphatic hydroxyl groups is 1. The Bertz CT molecular complexity index is 304. The first-order valence-corrected chi connectivity index (χ1v) is 4.06. The molecule has 0 unspecified atom stereocenters. The van der Waals surface area contributed by atoms with E-state index in [1.54, 1.807) is 6.07 Å². The number of nitriles is 1. The van der Waals surface area contributed by atoms with Crippen molar-refractivity contribution in [2.45, 2.75) is 20.5 Å². The molecule has 0 aliphatic rings. The minimum absolute atomic E-state index is 0.231. The molecule has 0 amide bonds. The zero-order chi connectivity index (χ0) is 10.3. The fourth-order valence-electron chi connectivity index (χ4n) is 0.806. The van der Waals surface area contributed by atoms with Crippen LogP contribution in [0.4, 0.5) is 4.39 Å². The van der Waals surface area contributed by atoms with E-state index in [1.165, 1.54) is 12.1 Å². The van der Waals surface area contributed by atoms with Gasteiger partial charge in [-0.1, -0.05) is 13.8 Å². The third kappa shape index (κ3) is 3.68. The van der Waals surface area contributed by atoms with Crippen molar-refractivity contribution >= 4 is 0 Å². The maximum Gasteiger partial charge on any atom is 0.124 e. The van der Waals surface area contributed by atoms with E-state index < -0.39 is 5.82 Å². The van der Waals surface area contributed by atoms with E-state index in [-0.39, 0.29) is 12.2 Å². The third-order valence-corrected chi connectivity index (χ3v) is 1.27. The molecule has 0 atom stereocenters. The molecule has 0 heterocycles. The predicted molar refractivity (Wildman–Crippen MR) is 48.4 cm³/mol. The van der Waals surface area contributed by atoms with Crippen LogP contribution in [0.2, 0.25) is 0 Å². The highest BCUT2D eigenvalue weighted by molar-refractivity contribution is 5.33. The van der Waals surface area contributed by atoms with Crippen LogP contribution in [0.25, 0.3) is 0 Å². The standard InChI is InChI=1S/C8H6FNO.C2H6/c9-8-2-6(4-10)1-7(3-8)5-11;1-2/h1-3,11H,5H2;1-2H3. The lowest BCUT2D eigenvalue weighted by Gasteiger charge is -1.95. The predicted octanol–water partition coefficient (Wildman–Crippen LogP) is 2.22. The van der Waals surface area contributed by atoms with Gasteiger partial charge in [-0.05, 0) is 23.8 Å². The molecule has 0 aliphatic carbocycles. The Kier molecular flexibility index (Phi) is 5.49. The molecule has 1 aromatic rings. The first kappa shape index (κ1) is 11.6. The first-order chi connectivity index (χ1) is 6.26. The normalized spacial score (nSPS) is 8.23. The third-order valence-electron chi connectivity index (χ3n) is 1.27. The molecule has 13 heavy (non-hydrogen) atoms. The summed E-state index contributed by atoms with van der Waals surface area (Å²) < 4.78 is 12.5. The van der Waals surface area contributed by atoms with Crippen molar-refractivity contribution in [2.24, 2.45) is 0 Å². The highest BCUT2D eigenvalue weighted by Gasteiger charge is 1.97. The van der Waals surface area contributed by atoms with Gasteiger partial charge in [-0.25, -0.2) is 4.39 Å². The molecule has 2 nitrogen and oxygen atoms in total. The van der Waals surface area contributed by atoms with Crippen LogP contribution in [-0.4, -0.2) is 5.11 Å². The summed E-state index contributed by atoms with van der Waals surface area (Å²) in [5.74, 6) is -0.492. The summed E-state index contributed by atoms with van der Waals surface area (Å²) in [5.41, 5.74) is 0.649. The molecular weight excluding hydrogens is 169 g/mol. The molecule has 0 radical (unpaired) electrons. The summed E-state index contributed by atoms with van der Waals surface area (Å²) in [6.07, 6.45) is 0. The molecule has 70 valence electrons. The SMILES string of the molecule is CC.N#Cc1cc(F)cc(CO)c1. The fourth-order valence-corrected chi connectivity index (χ4v) is 0.806. The van der Waals surface area contributed by atoms with E-state index in [0.29, 0.717) is 5.56 Å². The zero-order valence-corrected chi connectivity index (χ0v) is 7.71. The van der Waals surface area contributed by atoms with Gasteiger partial charge < -0.3 is 5.11 Å². The van der Waals surface area contributed by atoms with Crippen LogP contribution < -0.4 is 0 Å². The summed E-state index contributed by atoms with van der Waals surface area (Å²) in [6.45, 7) is 3.76. The molecule has 1 rings (SSSR count). The monoisotopic (exact) mass is 181 g/mol. The highest BCUT2D eigenvalue weighted by Crippen LogP contribution is 2.07. The van der Waals surface area contributed by atoms with Crippen molar-refractivity contribution in [3.63, 3.8) is 0 Å². The summed E-state index contributed by atoms with van der Waals surface area (Å²) in [6, 6.07) is 5.56. The van der Waals surface area contributed by atoms with E-state index in [0.717, 1.165) is 6.07 Å². The van der Waals surface area contributed by atoms with E-state index in [1.807, 2.05) is 13.8 Å². The smallest absolute Gasteiger partial charge is 0.124 e. The second-order valence-corrected chi connectivity index (χ2v) is 2.12. The van der Waals surface area contributed by atoms with E-state index >= 15 is 0 Å². The molecule has 0 aromatic heterocycles. The Morgan fingerprint density at radius 1 is 1.38 bits per heavy atom. The first-order valence-electron chi connectivity index (χ1n) is 4.06. The Hall–Kier alpha value is -1.40. The number of nitrogens with zero attached hydrogens (tertiary/aromatic N) is 1. The van der Waals surface area contributed by atoms with Gasteiger partial charge in [0.05, 0.1) is 18.2 Å². The average Bonchev–Trinajstić information content (AvgIpc) is 2.20. The van der Waals surface area contributed by atoms with E-state index in [2.05, 4.69) is 0 Å². The lowest BCUT2D eigenvalue weighted by Crippen LogP contribution is -1.87. The number of halogens is 1. The Labute approximate surface area is 77.2 Å². The van der Waals surface area contributed by atoms with E-state index in [4.69, 9.17) is 10.4 Å². The van der Waals surface area contributed by atoms with Gasteiger partial charge in [-0.15, -0.1) is 0 Å². The molecule has 0 fully saturated rings. The number of benzene rings is 1. The fraction of sp³-hybridized carbons (Fsp3) is 0.300. The summed E-state index contributed by atoms with van der Waals surface area (Å²) >= 11 is 0. The average molecular weight is 181 g/mol. The molecular formula is C10H12FNO. The van der Waals surface area contributed by atoms with Crippen LogP contribution >= 0.6 is 0 Å². The van der Waals surface area contributed by atoms with Crippen LogP contribution in [-0.2, 0) is 6.61 Å². The van der Waals surface area contributed by atoms with Gasteiger partial charge in [0, 0.05) is 0 Å². The van der Waals surface area contributed by atoms with Gasteiger partial charge in [-0.3, -0.25) is 0 Å². The van der Waals surface area contributed by atoms with Crippen LogP contribution in [0.1, 0.15) is 25.0 Å². The van der Waals surface area contributed by atoms with Crippen molar-refractivity contribution in [2.75, 3.05) is 0 Å². The molecule has 1 N–H and O–H groups in total. The molecule has 1 aromatic carbocycles. The van der Waals surface area contributed by atoms with Crippen molar-refractivity contribution in [1.82, 2.24) is 0 Å². The van der Waals surface area contributed by atoms with Gasteiger partial charge in [0.15, 0.2) is 0 Å². The van der Waals surface area contributed by atoms with Crippen LogP contribution in [0, 0.1) is 17.1 Å². The molecule has 0 bridgehead atoms. The Morgan fingerprint density at radius 2 is 2.00 bits per heavy atom. The lowest BCUT2D eigenvalue weighted by atomic mass is 10.1. The maximum atomic E-state index is 12.5. The van der Waals surface area contributed by atoms with Gasteiger partial charge in [0.25, 0.3) is 0 Å². The largest absolute Gasteiger partial charge is 0.392 e.